The first kappa shape index (κ1) is 24.2. The Hall–Kier alpha value is -1.51. The predicted octanol–water partition coefficient (Wildman–Crippen LogP) is 6.05. The van der Waals surface area contributed by atoms with Crippen LogP contribution in [-0.2, 0) is 6.54 Å². The van der Waals surface area contributed by atoms with E-state index in [1.54, 1.807) is 30.3 Å². The Morgan fingerprint density at radius 3 is 2.50 bits per heavy atom. The molecule has 0 aromatic heterocycles. The molecule has 3 fully saturated rings. The Morgan fingerprint density at radius 2 is 1.82 bits per heavy atom. The smallest absolute Gasteiger partial charge is 0.265 e. The number of hydrogen-bond acceptors (Lipinski definition) is 5. The van der Waals surface area contributed by atoms with Crippen molar-refractivity contribution in [3.63, 3.8) is 0 Å². The van der Waals surface area contributed by atoms with Crippen LogP contribution in [0.3, 0.4) is 0 Å². The van der Waals surface area contributed by atoms with Crippen molar-refractivity contribution in [1.29, 1.82) is 0 Å². The minimum absolute atomic E-state index is 0.0149. The second-order valence-electron chi connectivity index (χ2n) is 9.33. The third-order valence-corrected chi connectivity index (χ3v) is 7.90. The Morgan fingerprint density at radius 1 is 1.06 bits per heavy atom. The van der Waals surface area contributed by atoms with Gasteiger partial charge in [0.2, 0.25) is 0 Å². The first-order valence-electron chi connectivity index (χ1n) is 11.8. The fourth-order valence-electron chi connectivity index (χ4n) is 4.54. The molecule has 0 radical (unpaired) electrons. The molecule has 0 spiro atoms. The maximum absolute atomic E-state index is 15.0. The summed E-state index contributed by atoms with van der Waals surface area (Å²) in [5.41, 5.74) is 2.21. The van der Waals surface area contributed by atoms with Crippen LogP contribution in [0, 0.1) is 5.82 Å². The summed E-state index contributed by atoms with van der Waals surface area (Å²) in [7, 11) is 0. The van der Waals surface area contributed by atoms with Crippen LogP contribution < -0.4 is 9.46 Å². The van der Waals surface area contributed by atoms with Gasteiger partial charge in [0.15, 0.2) is 0 Å². The van der Waals surface area contributed by atoms with Crippen molar-refractivity contribution in [2.45, 2.75) is 50.7 Å². The highest BCUT2D eigenvalue weighted by atomic mass is 35.5. The molecule has 5 nitrogen and oxygen atoms in total. The summed E-state index contributed by atoms with van der Waals surface area (Å²) in [6.45, 7) is 4.21. The fourth-order valence-corrected chi connectivity index (χ4v) is 5.81. The van der Waals surface area contributed by atoms with Crippen molar-refractivity contribution in [3.05, 3.63) is 62.9 Å². The molecule has 1 amide bonds. The Labute approximate surface area is 214 Å². The van der Waals surface area contributed by atoms with Crippen molar-refractivity contribution in [3.8, 4) is 5.75 Å². The third kappa shape index (κ3) is 6.00. The second kappa shape index (κ2) is 10.6. The van der Waals surface area contributed by atoms with Crippen molar-refractivity contribution < 1.29 is 13.9 Å². The van der Waals surface area contributed by atoms with E-state index >= 15 is 4.39 Å². The van der Waals surface area contributed by atoms with Crippen molar-refractivity contribution in [2.24, 2.45) is 0 Å². The minimum atomic E-state index is -0.459. The molecule has 34 heavy (non-hydrogen) atoms. The van der Waals surface area contributed by atoms with Crippen LogP contribution in [0.2, 0.25) is 10.0 Å². The molecule has 5 rings (SSSR count). The lowest BCUT2D eigenvalue weighted by Gasteiger charge is -2.33. The fraction of sp³-hybridized carbons (Fsp3) is 0.480. The van der Waals surface area contributed by atoms with Gasteiger partial charge in [-0.2, -0.15) is 0 Å². The van der Waals surface area contributed by atoms with Crippen LogP contribution in [0.5, 0.6) is 5.75 Å². The van der Waals surface area contributed by atoms with E-state index in [4.69, 9.17) is 27.9 Å². The van der Waals surface area contributed by atoms with Gasteiger partial charge in [-0.25, -0.2) is 8.70 Å². The van der Waals surface area contributed by atoms with Crippen molar-refractivity contribution >= 4 is 41.2 Å². The third-order valence-electron chi connectivity index (χ3n) is 6.57. The molecule has 0 bridgehead atoms. The molecule has 0 unspecified atom stereocenters. The number of benzene rings is 2. The number of nitrogens with one attached hydrogen (secondary N) is 1. The molecule has 182 valence electrons. The molecule has 2 aromatic rings. The average Bonchev–Trinajstić information content (AvgIpc) is 3.57. The number of amides is 1. The molecule has 2 saturated heterocycles. The zero-order valence-corrected chi connectivity index (χ0v) is 21.2. The number of carbonyl (C=O) groups excluding carboxylic acids is 1. The molecule has 1 saturated carbocycles. The second-order valence-corrected chi connectivity index (χ2v) is 11.1. The molecule has 1 aliphatic carbocycles. The summed E-state index contributed by atoms with van der Waals surface area (Å²) in [6, 6.07) is 8.58. The summed E-state index contributed by atoms with van der Waals surface area (Å²) in [5, 5.41) is 1.10. The van der Waals surface area contributed by atoms with E-state index in [1.165, 1.54) is 12.1 Å². The van der Waals surface area contributed by atoms with Gasteiger partial charge in [-0.3, -0.25) is 14.4 Å². The van der Waals surface area contributed by atoms with Gasteiger partial charge in [0.05, 0.1) is 5.56 Å². The van der Waals surface area contributed by atoms with Gasteiger partial charge < -0.3 is 4.74 Å². The predicted molar refractivity (Wildman–Crippen MR) is 135 cm³/mol. The minimum Gasteiger partial charge on any atom is -0.489 e. The number of carbonyl (C=O) groups is 1. The molecule has 1 N–H and O–H groups in total. The summed E-state index contributed by atoms with van der Waals surface area (Å²) >= 11 is 13.5. The highest BCUT2D eigenvalue weighted by Gasteiger charge is 2.30. The highest BCUT2D eigenvalue weighted by Crippen LogP contribution is 2.43. The summed E-state index contributed by atoms with van der Waals surface area (Å²) in [4.78, 5) is 14.9. The Bertz CT molecular complexity index is 1040. The van der Waals surface area contributed by atoms with E-state index in [-0.39, 0.29) is 17.6 Å². The van der Waals surface area contributed by atoms with Gasteiger partial charge in [0.1, 0.15) is 17.7 Å². The van der Waals surface area contributed by atoms with Crippen LogP contribution >= 0.6 is 35.3 Å². The summed E-state index contributed by atoms with van der Waals surface area (Å²) in [6.07, 6.45) is 5.26. The van der Waals surface area contributed by atoms with Gasteiger partial charge in [0, 0.05) is 48.4 Å². The number of rotatable bonds is 8. The van der Waals surface area contributed by atoms with Crippen molar-refractivity contribution in [2.75, 3.05) is 26.2 Å². The molecule has 1 atom stereocenters. The Kier molecular flexibility index (Phi) is 7.56. The number of nitrogens with zero attached hydrogens (tertiary/aromatic N) is 2. The van der Waals surface area contributed by atoms with Crippen LogP contribution in [0.15, 0.2) is 30.3 Å². The molecule has 2 aromatic carbocycles. The molecule has 2 heterocycles. The van der Waals surface area contributed by atoms with Gasteiger partial charge in [-0.1, -0.05) is 23.2 Å². The first-order valence-corrected chi connectivity index (χ1v) is 13.4. The molecular weight excluding hydrogens is 496 g/mol. The first-order chi connectivity index (χ1) is 16.4. The van der Waals surface area contributed by atoms with Gasteiger partial charge in [-0.05, 0) is 86.0 Å². The number of likely N-dealkylation sites (tertiary alicyclic amines) is 1. The molecular formula is C25H28Cl2FN3O2S. The van der Waals surface area contributed by atoms with E-state index < -0.39 is 5.82 Å². The lowest BCUT2D eigenvalue weighted by Crippen LogP contribution is -2.40. The van der Waals surface area contributed by atoms with Crippen LogP contribution in [0.25, 0.3) is 0 Å². The number of hydrogen-bond donors (Lipinski definition) is 1. The largest absolute Gasteiger partial charge is 0.489 e. The van der Waals surface area contributed by atoms with E-state index in [9.17, 15) is 4.79 Å². The normalized spacial score (nSPS) is 21.2. The zero-order valence-electron chi connectivity index (χ0n) is 18.9. The Balaban J connectivity index is 1.26. The van der Waals surface area contributed by atoms with E-state index in [0.717, 1.165) is 69.4 Å². The maximum Gasteiger partial charge on any atom is 0.265 e. The summed E-state index contributed by atoms with van der Waals surface area (Å²) in [5.74, 6) is 0.255. The zero-order chi connectivity index (χ0) is 23.7. The molecule has 3 aliphatic rings. The lowest BCUT2D eigenvalue weighted by molar-refractivity contribution is 0.0841. The quantitative estimate of drug-likeness (QED) is 0.426. The van der Waals surface area contributed by atoms with E-state index in [2.05, 4.69) is 13.9 Å². The lowest BCUT2D eigenvalue weighted by atomic mass is 9.97. The monoisotopic (exact) mass is 523 g/mol. The van der Waals surface area contributed by atoms with Crippen LogP contribution in [-0.4, -0.2) is 47.4 Å². The SMILES string of the molecule is O=C(NSN1CCC1)c1cc(C2CC2)c(CN2CCC[C@H](Oc3cc(Cl)cc(Cl)c3)C2)cc1F. The highest BCUT2D eigenvalue weighted by molar-refractivity contribution is 7.95. The number of ether oxygens (including phenoxy) is 1. The van der Waals surface area contributed by atoms with E-state index in [1.807, 2.05) is 0 Å². The van der Waals surface area contributed by atoms with Crippen LogP contribution in [0.1, 0.15) is 59.5 Å². The molecule has 9 heteroatoms. The van der Waals surface area contributed by atoms with Gasteiger partial charge in [0.25, 0.3) is 5.91 Å². The topological polar surface area (TPSA) is 44.8 Å². The standard InChI is InChI=1S/C25H28Cl2FN3O2S/c26-18-10-19(27)12-21(11-18)33-20-3-1-6-30(15-20)14-17-9-24(28)23(13-22(17)16-4-5-16)25(32)29-34-31-7-2-8-31/h9-13,16,20H,1-8,14-15H2,(H,29,32)/t20-/m0/s1. The van der Waals surface area contributed by atoms with Crippen LogP contribution in [0.4, 0.5) is 4.39 Å². The van der Waals surface area contributed by atoms with E-state index in [0.29, 0.717) is 28.3 Å². The number of halogens is 3. The average molecular weight is 524 g/mol. The van der Waals surface area contributed by atoms with Crippen molar-refractivity contribution in [1.82, 2.24) is 13.9 Å². The summed E-state index contributed by atoms with van der Waals surface area (Å²) < 4.78 is 26.0. The van der Waals surface area contributed by atoms with Gasteiger partial charge >= 0.3 is 0 Å². The number of piperidine rings is 1. The maximum atomic E-state index is 15.0. The van der Waals surface area contributed by atoms with Gasteiger partial charge in [-0.15, -0.1) is 0 Å². The molecule has 2 aliphatic heterocycles.